The summed E-state index contributed by atoms with van der Waals surface area (Å²) in [6, 6.07) is 13.0. The van der Waals surface area contributed by atoms with Gasteiger partial charge in [0.05, 0.1) is 16.5 Å². The normalized spacial score (nSPS) is 10.5. The molecule has 0 bridgehead atoms. The molecule has 0 spiro atoms. The molecule has 114 valence electrons. The van der Waals surface area contributed by atoms with E-state index in [1.807, 2.05) is 0 Å². The summed E-state index contributed by atoms with van der Waals surface area (Å²) >= 11 is 0. The molecule has 23 heavy (non-hydrogen) atoms. The first-order valence-corrected chi connectivity index (χ1v) is 6.86. The minimum atomic E-state index is -0.606. The number of fused-ring (bicyclic) bond motifs is 1. The van der Waals surface area contributed by atoms with Crippen LogP contribution in [0.3, 0.4) is 0 Å². The smallest absolute Gasteiger partial charge is 0.308 e. The third-order valence-electron chi connectivity index (χ3n) is 3.26. The molecule has 6 nitrogen and oxygen atoms in total. The highest BCUT2D eigenvalue weighted by atomic mass is 16.5. The Morgan fingerprint density at radius 2 is 1.74 bits per heavy atom. The number of benzene rings is 2. The molecule has 0 unspecified atom stereocenters. The van der Waals surface area contributed by atoms with E-state index in [1.54, 1.807) is 36.4 Å². The standard InChI is InChI=1S/C17H12N2O4/c1-11(20)23-15-9-5-3-7-13(15)17(22)19-10-18-14-8-4-2-6-12(14)16(19)21/h2-10H,1H3. The number of ether oxygens (including phenoxy) is 1. The van der Waals surface area contributed by atoms with Crippen LogP contribution in [0.1, 0.15) is 17.3 Å². The highest BCUT2D eigenvalue weighted by Gasteiger charge is 2.17. The van der Waals surface area contributed by atoms with Crippen molar-refractivity contribution in [1.82, 2.24) is 9.55 Å². The number of nitrogens with zero attached hydrogens (tertiary/aromatic N) is 2. The lowest BCUT2D eigenvalue weighted by Crippen LogP contribution is -2.28. The van der Waals surface area contributed by atoms with Gasteiger partial charge in [-0.1, -0.05) is 24.3 Å². The van der Waals surface area contributed by atoms with Gasteiger partial charge in [-0.05, 0) is 24.3 Å². The van der Waals surface area contributed by atoms with Crippen LogP contribution in [0.5, 0.6) is 5.75 Å². The number of carbonyl (C=O) groups is 2. The molecule has 0 fully saturated rings. The highest BCUT2D eigenvalue weighted by molar-refractivity contribution is 5.99. The maximum absolute atomic E-state index is 12.6. The first-order valence-electron chi connectivity index (χ1n) is 6.86. The molecule has 0 N–H and O–H groups in total. The van der Waals surface area contributed by atoms with Gasteiger partial charge in [0.25, 0.3) is 11.5 Å². The SMILES string of the molecule is CC(=O)Oc1ccccc1C(=O)n1cnc2ccccc2c1=O. The first-order chi connectivity index (χ1) is 11.1. The van der Waals surface area contributed by atoms with E-state index < -0.39 is 17.4 Å². The number of aromatic nitrogens is 2. The van der Waals surface area contributed by atoms with Gasteiger partial charge in [0.15, 0.2) is 0 Å². The Kier molecular flexibility index (Phi) is 3.72. The molecule has 0 atom stereocenters. The summed E-state index contributed by atoms with van der Waals surface area (Å²) in [4.78, 5) is 40.4. The quantitative estimate of drug-likeness (QED) is 0.534. The van der Waals surface area contributed by atoms with Crippen LogP contribution in [-0.2, 0) is 4.79 Å². The lowest BCUT2D eigenvalue weighted by atomic mass is 10.2. The van der Waals surface area contributed by atoms with E-state index in [4.69, 9.17) is 4.74 Å². The average molecular weight is 308 g/mol. The Bertz CT molecular complexity index is 975. The summed E-state index contributed by atoms with van der Waals surface area (Å²) in [7, 11) is 0. The van der Waals surface area contributed by atoms with Crippen LogP contribution in [-0.4, -0.2) is 21.4 Å². The third kappa shape index (κ3) is 2.74. The zero-order valence-corrected chi connectivity index (χ0v) is 12.2. The summed E-state index contributed by atoms with van der Waals surface area (Å²) in [5, 5.41) is 0.341. The van der Waals surface area contributed by atoms with Crippen LogP contribution in [0, 0.1) is 0 Å². The van der Waals surface area contributed by atoms with Crippen molar-refractivity contribution in [1.29, 1.82) is 0 Å². The van der Waals surface area contributed by atoms with Crippen molar-refractivity contribution in [2.75, 3.05) is 0 Å². The molecule has 0 aliphatic carbocycles. The van der Waals surface area contributed by atoms with Gasteiger partial charge >= 0.3 is 5.97 Å². The van der Waals surface area contributed by atoms with Crippen molar-refractivity contribution in [2.45, 2.75) is 6.92 Å². The molecule has 0 aliphatic heterocycles. The Morgan fingerprint density at radius 3 is 2.52 bits per heavy atom. The monoisotopic (exact) mass is 308 g/mol. The van der Waals surface area contributed by atoms with Gasteiger partial charge in [-0.25, -0.2) is 9.55 Å². The molecule has 0 saturated heterocycles. The molecular formula is C17H12N2O4. The van der Waals surface area contributed by atoms with Crippen LogP contribution in [0.25, 0.3) is 10.9 Å². The van der Waals surface area contributed by atoms with E-state index in [9.17, 15) is 14.4 Å². The van der Waals surface area contributed by atoms with Crippen molar-refractivity contribution in [2.24, 2.45) is 0 Å². The summed E-state index contributed by atoms with van der Waals surface area (Å²) in [6.07, 6.45) is 1.18. The fraction of sp³-hybridized carbons (Fsp3) is 0.0588. The van der Waals surface area contributed by atoms with E-state index in [2.05, 4.69) is 4.98 Å². The largest absolute Gasteiger partial charge is 0.426 e. The van der Waals surface area contributed by atoms with E-state index >= 15 is 0 Å². The Morgan fingerprint density at radius 1 is 1.04 bits per heavy atom. The van der Waals surface area contributed by atoms with Gasteiger partial charge < -0.3 is 4.74 Å². The Labute approximate surface area is 131 Å². The van der Waals surface area contributed by atoms with E-state index in [0.717, 1.165) is 4.57 Å². The minimum absolute atomic E-state index is 0.102. The summed E-state index contributed by atoms with van der Waals surface area (Å²) in [5.41, 5.74) is 0.148. The van der Waals surface area contributed by atoms with Gasteiger partial charge in [0.2, 0.25) is 0 Å². The average Bonchev–Trinajstić information content (AvgIpc) is 2.55. The molecule has 0 saturated carbocycles. The van der Waals surface area contributed by atoms with E-state index in [1.165, 1.54) is 25.4 Å². The first kappa shape index (κ1) is 14.6. The molecule has 0 aliphatic rings. The second-order valence-electron chi connectivity index (χ2n) is 4.83. The summed E-state index contributed by atoms with van der Waals surface area (Å²) in [5.74, 6) is -1.05. The number of esters is 1. The Hall–Kier alpha value is -3.28. The van der Waals surface area contributed by atoms with Crippen LogP contribution < -0.4 is 10.3 Å². The van der Waals surface area contributed by atoms with E-state index in [-0.39, 0.29) is 11.3 Å². The minimum Gasteiger partial charge on any atom is -0.426 e. The fourth-order valence-electron chi connectivity index (χ4n) is 2.23. The van der Waals surface area contributed by atoms with Crippen molar-refractivity contribution >= 4 is 22.8 Å². The van der Waals surface area contributed by atoms with Crippen LogP contribution in [0.2, 0.25) is 0 Å². The molecule has 1 aromatic heterocycles. The van der Waals surface area contributed by atoms with Crippen LogP contribution in [0.4, 0.5) is 0 Å². The Balaban J connectivity index is 2.13. The van der Waals surface area contributed by atoms with Gasteiger partial charge in [-0.15, -0.1) is 0 Å². The second-order valence-corrected chi connectivity index (χ2v) is 4.83. The molecule has 0 amide bonds. The van der Waals surface area contributed by atoms with E-state index in [0.29, 0.717) is 10.9 Å². The van der Waals surface area contributed by atoms with Crippen molar-refractivity contribution in [3.8, 4) is 5.75 Å². The lowest BCUT2D eigenvalue weighted by Gasteiger charge is -2.09. The van der Waals surface area contributed by atoms with Gasteiger partial charge in [-0.2, -0.15) is 0 Å². The van der Waals surface area contributed by atoms with Crippen LogP contribution >= 0.6 is 0 Å². The molecule has 0 radical (unpaired) electrons. The molecule has 2 aromatic carbocycles. The predicted octanol–water partition coefficient (Wildman–Crippen LogP) is 2.01. The predicted molar refractivity (Wildman–Crippen MR) is 83.5 cm³/mol. The van der Waals surface area contributed by atoms with Gasteiger partial charge in [0, 0.05) is 6.92 Å². The van der Waals surface area contributed by atoms with Crippen molar-refractivity contribution in [3.05, 3.63) is 70.8 Å². The third-order valence-corrected chi connectivity index (χ3v) is 3.26. The van der Waals surface area contributed by atoms with Crippen LogP contribution in [0.15, 0.2) is 59.7 Å². The number of carbonyl (C=O) groups excluding carboxylic acids is 2. The molecule has 3 aromatic rings. The molecule has 6 heteroatoms. The maximum Gasteiger partial charge on any atom is 0.308 e. The number of hydrogen-bond acceptors (Lipinski definition) is 5. The number of para-hydroxylation sites is 2. The zero-order valence-electron chi connectivity index (χ0n) is 12.2. The van der Waals surface area contributed by atoms with Gasteiger partial charge in [-0.3, -0.25) is 14.4 Å². The number of hydrogen-bond donors (Lipinski definition) is 0. The van der Waals surface area contributed by atoms with Gasteiger partial charge in [0.1, 0.15) is 12.1 Å². The topological polar surface area (TPSA) is 78.3 Å². The molecule has 1 heterocycles. The number of rotatable bonds is 2. The van der Waals surface area contributed by atoms with Crippen molar-refractivity contribution in [3.63, 3.8) is 0 Å². The maximum atomic E-state index is 12.6. The molecular weight excluding hydrogens is 296 g/mol. The summed E-state index contributed by atoms with van der Waals surface area (Å²) < 4.78 is 5.93. The lowest BCUT2D eigenvalue weighted by molar-refractivity contribution is -0.131. The highest BCUT2D eigenvalue weighted by Crippen LogP contribution is 2.19. The molecule has 3 rings (SSSR count). The fourth-order valence-corrected chi connectivity index (χ4v) is 2.23. The zero-order chi connectivity index (χ0) is 16.4. The van der Waals surface area contributed by atoms with Crippen molar-refractivity contribution < 1.29 is 14.3 Å². The second kappa shape index (κ2) is 5.84. The summed E-state index contributed by atoms with van der Waals surface area (Å²) in [6.45, 7) is 1.24.